The summed E-state index contributed by atoms with van der Waals surface area (Å²) in [4.78, 5) is 15.7. The highest BCUT2D eigenvalue weighted by Gasteiger charge is 2.48. The number of carbonyl (C=O) groups excluding carboxylic acids is 1. The molecule has 2 aliphatic heterocycles. The van der Waals surface area contributed by atoms with Gasteiger partial charge >= 0.3 is 0 Å². The standard InChI is InChI=1S/C19H26N4O/c24-19(18-15-11-20-10-9-16(15)21-22-18)23(13-6-7-13)17-8-5-12-3-1-2-4-14(12)17/h1-4,13,15-18,20-22H,5-11H2. The highest BCUT2D eigenvalue weighted by molar-refractivity contribution is 5.84. The molecule has 1 saturated carbocycles. The van der Waals surface area contributed by atoms with Gasteiger partial charge in [-0.1, -0.05) is 24.3 Å². The first-order valence-electron chi connectivity index (χ1n) is 9.44. The largest absolute Gasteiger partial charge is 0.331 e. The first-order valence-corrected chi connectivity index (χ1v) is 9.44. The number of hydrogen-bond acceptors (Lipinski definition) is 4. The van der Waals surface area contributed by atoms with E-state index in [0.29, 0.717) is 23.9 Å². The number of nitrogens with zero attached hydrogens (tertiary/aromatic N) is 1. The molecule has 0 radical (unpaired) electrons. The fraction of sp³-hybridized carbons (Fsp3) is 0.632. The van der Waals surface area contributed by atoms with Gasteiger partial charge in [-0.05, 0) is 49.8 Å². The van der Waals surface area contributed by atoms with Gasteiger partial charge in [0.1, 0.15) is 6.04 Å². The molecule has 5 rings (SSSR count). The third-order valence-corrected chi connectivity index (χ3v) is 6.28. The van der Waals surface area contributed by atoms with Crippen molar-refractivity contribution in [1.29, 1.82) is 0 Å². The second-order valence-corrected chi connectivity index (χ2v) is 7.76. The normalized spacial score (nSPS) is 34.7. The van der Waals surface area contributed by atoms with Gasteiger partial charge in [-0.15, -0.1) is 0 Å². The minimum absolute atomic E-state index is 0.0869. The van der Waals surface area contributed by atoms with Gasteiger partial charge in [-0.2, -0.15) is 0 Å². The van der Waals surface area contributed by atoms with Crippen LogP contribution in [-0.2, 0) is 11.2 Å². The van der Waals surface area contributed by atoms with Crippen LogP contribution < -0.4 is 16.2 Å². The molecule has 2 heterocycles. The molecule has 4 unspecified atom stereocenters. The number of fused-ring (bicyclic) bond motifs is 2. The number of amides is 1. The van der Waals surface area contributed by atoms with Crippen LogP contribution in [0.2, 0.25) is 0 Å². The topological polar surface area (TPSA) is 56.4 Å². The predicted molar refractivity (Wildman–Crippen MR) is 92.2 cm³/mol. The molecule has 0 bridgehead atoms. The van der Waals surface area contributed by atoms with Crippen molar-refractivity contribution >= 4 is 5.91 Å². The summed E-state index contributed by atoms with van der Waals surface area (Å²) < 4.78 is 0. The predicted octanol–water partition coefficient (Wildman–Crippen LogP) is 1.12. The Kier molecular flexibility index (Phi) is 3.61. The van der Waals surface area contributed by atoms with Crippen molar-refractivity contribution in [2.24, 2.45) is 5.92 Å². The van der Waals surface area contributed by atoms with Crippen molar-refractivity contribution in [1.82, 2.24) is 21.1 Å². The lowest BCUT2D eigenvalue weighted by atomic mass is 9.88. The van der Waals surface area contributed by atoms with Crippen molar-refractivity contribution in [2.45, 2.75) is 56.3 Å². The summed E-state index contributed by atoms with van der Waals surface area (Å²) in [6.45, 7) is 1.97. The van der Waals surface area contributed by atoms with Gasteiger partial charge in [-0.3, -0.25) is 10.2 Å². The molecule has 4 atom stereocenters. The molecular weight excluding hydrogens is 300 g/mol. The summed E-state index contributed by atoms with van der Waals surface area (Å²) in [5.41, 5.74) is 9.51. The summed E-state index contributed by atoms with van der Waals surface area (Å²) in [6.07, 6.45) is 5.60. The van der Waals surface area contributed by atoms with Gasteiger partial charge in [0.25, 0.3) is 0 Å². The van der Waals surface area contributed by atoms with Crippen LogP contribution in [0.3, 0.4) is 0 Å². The molecule has 128 valence electrons. The van der Waals surface area contributed by atoms with Crippen molar-refractivity contribution in [3.63, 3.8) is 0 Å². The number of hydrogen-bond donors (Lipinski definition) is 3. The average molecular weight is 326 g/mol. The third kappa shape index (κ3) is 2.38. The van der Waals surface area contributed by atoms with Gasteiger partial charge in [0.05, 0.1) is 6.04 Å². The minimum atomic E-state index is -0.0869. The summed E-state index contributed by atoms with van der Waals surface area (Å²) in [5, 5.41) is 3.46. The van der Waals surface area contributed by atoms with Gasteiger partial charge in [0, 0.05) is 24.5 Å². The maximum Gasteiger partial charge on any atom is 0.242 e. The van der Waals surface area contributed by atoms with Gasteiger partial charge in [0.15, 0.2) is 0 Å². The Morgan fingerprint density at radius 1 is 1.08 bits per heavy atom. The van der Waals surface area contributed by atoms with E-state index in [1.807, 2.05) is 0 Å². The molecule has 2 aliphatic carbocycles. The van der Waals surface area contributed by atoms with E-state index in [9.17, 15) is 4.79 Å². The molecule has 3 fully saturated rings. The van der Waals surface area contributed by atoms with E-state index in [4.69, 9.17) is 0 Å². The average Bonchev–Trinajstić information content (AvgIpc) is 3.21. The van der Waals surface area contributed by atoms with Crippen LogP contribution in [0.4, 0.5) is 0 Å². The Hall–Kier alpha value is -1.43. The Balaban J connectivity index is 1.42. The molecule has 0 spiro atoms. The molecule has 4 aliphatic rings. The lowest BCUT2D eigenvalue weighted by Gasteiger charge is -2.35. The summed E-state index contributed by atoms with van der Waals surface area (Å²) in [6, 6.07) is 9.74. The van der Waals surface area contributed by atoms with Crippen LogP contribution in [0, 0.1) is 5.92 Å². The first kappa shape index (κ1) is 14.9. The van der Waals surface area contributed by atoms with Crippen molar-refractivity contribution in [3.05, 3.63) is 35.4 Å². The second kappa shape index (κ2) is 5.83. The number of nitrogens with one attached hydrogen (secondary N) is 3. The Bertz CT molecular complexity index is 644. The summed E-state index contributed by atoms with van der Waals surface area (Å²) in [7, 11) is 0. The minimum Gasteiger partial charge on any atom is -0.331 e. The number of benzene rings is 1. The molecule has 24 heavy (non-hydrogen) atoms. The van der Waals surface area contributed by atoms with Crippen LogP contribution in [-0.4, -0.2) is 42.0 Å². The number of rotatable bonds is 3. The Morgan fingerprint density at radius 3 is 2.83 bits per heavy atom. The number of aryl methyl sites for hydroxylation is 1. The Morgan fingerprint density at radius 2 is 1.96 bits per heavy atom. The third-order valence-electron chi connectivity index (χ3n) is 6.28. The lowest BCUT2D eigenvalue weighted by Crippen LogP contribution is -2.52. The van der Waals surface area contributed by atoms with E-state index in [0.717, 1.165) is 45.2 Å². The van der Waals surface area contributed by atoms with E-state index in [-0.39, 0.29) is 12.1 Å². The molecule has 1 aromatic carbocycles. The monoisotopic (exact) mass is 326 g/mol. The zero-order valence-corrected chi connectivity index (χ0v) is 14.0. The molecule has 2 saturated heterocycles. The maximum atomic E-state index is 13.5. The van der Waals surface area contributed by atoms with Crippen LogP contribution >= 0.6 is 0 Å². The van der Waals surface area contributed by atoms with Crippen LogP contribution in [0.5, 0.6) is 0 Å². The number of carbonyl (C=O) groups is 1. The molecule has 3 N–H and O–H groups in total. The van der Waals surface area contributed by atoms with Crippen molar-refractivity contribution in [3.8, 4) is 0 Å². The second-order valence-electron chi connectivity index (χ2n) is 7.76. The SMILES string of the molecule is O=C(C1NNC2CCNCC21)N(C1CC1)C1CCc2ccccc21. The van der Waals surface area contributed by atoms with Crippen LogP contribution in [0.25, 0.3) is 0 Å². The molecule has 1 amide bonds. The highest BCUT2D eigenvalue weighted by atomic mass is 16.2. The summed E-state index contributed by atoms with van der Waals surface area (Å²) >= 11 is 0. The van der Waals surface area contributed by atoms with E-state index in [1.54, 1.807) is 0 Å². The van der Waals surface area contributed by atoms with E-state index < -0.39 is 0 Å². The van der Waals surface area contributed by atoms with Crippen molar-refractivity contribution in [2.75, 3.05) is 13.1 Å². The molecule has 0 aromatic heterocycles. The highest BCUT2D eigenvalue weighted by Crippen LogP contribution is 2.42. The Labute approximate surface area is 143 Å². The molecular formula is C19H26N4O. The summed E-state index contributed by atoms with van der Waals surface area (Å²) in [5.74, 6) is 0.673. The van der Waals surface area contributed by atoms with Gasteiger partial charge < -0.3 is 10.2 Å². The van der Waals surface area contributed by atoms with Gasteiger partial charge in [0.2, 0.25) is 5.91 Å². The zero-order chi connectivity index (χ0) is 16.1. The zero-order valence-electron chi connectivity index (χ0n) is 14.0. The van der Waals surface area contributed by atoms with E-state index >= 15 is 0 Å². The fourth-order valence-corrected chi connectivity index (χ4v) is 4.89. The van der Waals surface area contributed by atoms with E-state index in [2.05, 4.69) is 45.3 Å². The lowest BCUT2D eigenvalue weighted by molar-refractivity contribution is -0.137. The molecule has 5 nitrogen and oxygen atoms in total. The molecule has 5 heteroatoms. The first-order chi connectivity index (χ1) is 11.8. The van der Waals surface area contributed by atoms with Crippen molar-refractivity contribution < 1.29 is 4.79 Å². The smallest absolute Gasteiger partial charge is 0.242 e. The number of hydrazine groups is 1. The van der Waals surface area contributed by atoms with Gasteiger partial charge in [-0.25, -0.2) is 5.43 Å². The maximum absolute atomic E-state index is 13.5. The fourth-order valence-electron chi connectivity index (χ4n) is 4.89. The van der Waals surface area contributed by atoms with Crippen LogP contribution in [0.1, 0.15) is 42.9 Å². The number of piperidine rings is 1. The molecule has 1 aromatic rings. The van der Waals surface area contributed by atoms with Crippen LogP contribution in [0.15, 0.2) is 24.3 Å². The quantitative estimate of drug-likeness (QED) is 0.779. The van der Waals surface area contributed by atoms with E-state index in [1.165, 1.54) is 11.1 Å².